The zero-order chi connectivity index (χ0) is 13.7. The maximum absolute atomic E-state index is 5.88. The molecule has 3 nitrogen and oxygen atoms in total. The smallest absolute Gasteiger partial charge is 0.380 e. The van der Waals surface area contributed by atoms with Crippen LogP contribution in [-0.2, 0) is 20.9 Å². The molecule has 0 N–H and O–H groups in total. The van der Waals surface area contributed by atoms with Crippen molar-refractivity contribution in [2.75, 3.05) is 13.2 Å². The van der Waals surface area contributed by atoms with Gasteiger partial charge in [0, 0.05) is 17.2 Å². The van der Waals surface area contributed by atoms with Gasteiger partial charge in [0.2, 0.25) is 0 Å². The van der Waals surface area contributed by atoms with Crippen LogP contribution in [0.1, 0.15) is 13.8 Å². The molecule has 0 aliphatic rings. The van der Waals surface area contributed by atoms with Crippen molar-refractivity contribution in [2.24, 2.45) is 0 Å². The van der Waals surface area contributed by atoms with Gasteiger partial charge in [-0.15, -0.1) is 0 Å². The van der Waals surface area contributed by atoms with Crippen molar-refractivity contribution in [1.82, 2.24) is 0 Å². The Bertz CT molecular complexity index is 585. The van der Waals surface area contributed by atoms with E-state index in [0.717, 1.165) is 10.8 Å². The van der Waals surface area contributed by atoms with E-state index in [4.69, 9.17) is 25.4 Å². The summed E-state index contributed by atoms with van der Waals surface area (Å²) in [6.07, 6.45) is 0. The van der Waals surface area contributed by atoms with Gasteiger partial charge in [-0.3, -0.25) is 9.05 Å². The molecule has 0 spiro atoms. The lowest BCUT2D eigenvalue weighted by Crippen LogP contribution is -2.02. The molecule has 0 saturated heterocycles. The fraction of sp³-hybridized carbons (Fsp3) is 0.286. The molecular weight excluding hydrogens is 279 g/mol. The first-order valence-corrected chi connectivity index (χ1v) is 8.80. The van der Waals surface area contributed by atoms with Gasteiger partial charge in [-0.1, -0.05) is 36.4 Å². The molecule has 0 unspecified atom stereocenters. The van der Waals surface area contributed by atoms with Crippen molar-refractivity contribution >= 4 is 29.3 Å². The van der Waals surface area contributed by atoms with Gasteiger partial charge in [-0.25, -0.2) is 0 Å². The van der Waals surface area contributed by atoms with Crippen LogP contribution in [0.25, 0.3) is 10.8 Å². The van der Waals surface area contributed by atoms with Gasteiger partial charge >= 0.3 is 6.72 Å². The molecule has 2 aromatic carbocycles. The van der Waals surface area contributed by atoms with E-state index in [0.29, 0.717) is 19.0 Å². The molecule has 2 aromatic rings. The fourth-order valence-corrected chi connectivity index (χ4v) is 3.89. The molecule has 0 aliphatic heterocycles. The average Bonchev–Trinajstić information content (AvgIpc) is 2.39. The Kier molecular flexibility index (Phi) is 4.94. The third-order valence-electron chi connectivity index (χ3n) is 2.53. The Morgan fingerprint density at radius 2 is 1.58 bits per heavy atom. The first-order valence-electron chi connectivity index (χ1n) is 6.25. The number of rotatable bonds is 6. The van der Waals surface area contributed by atoms with Gasteiger partial charge < -0.3 is 4.52 Å². The van der Waals surface area contributed by atoms with Crippen molar-refractivity contribution < 1.29 is 13.6 Å². The molecule has 0 bridgehead atoms. The third kappa shape index (κ3) is 3.54. The fourth-order valence-electron chi connectivity index (χ4n) is 1.80. The van der Waals surface area contributed by atoms with Crippen LogP contribution in [0.4, 0.5) is 0 Å². The SMILES string of the molecule is CCOP(=S)(OCC)Oc1cccc2ccccc12. The maximum Gasteiger partial charge on any atom is 0.380 e. The molecule has 2 rings (SSSR count). The minimum absolute atomic E-state index is 0.474. The molecule has 0 atom stereocenters. The van der Waals surface area contributed by atoms with Crippen molar-refractivity contribution in [3.63, 3.8) is 0 Å². The van der Waals surface area contributed by atoms with Crippen molar-refractivity contribution in [3.05, 3.63) is 42.5 Å². The number of benzene rings is 2. The van der Waals surface area contributed by atoms with Crippen LogP contribution in [0.15, 0.2) is 42.5 Å². The zero-order valence-corrected chi connectivity index (χ0v) is 12.7. The van der Waals surface area contributed by atoms with E-state index in [1.54, 1.807) is 0 Å². The Labute approximate surface area is 118 Å². The van der Waals surface area contributed by atoms with E-state index in [-0.39, 0.29) is 0 Å². The Morgan fingerprint density at radius 1 is 0.947 bits per heavy atom. The monoisotopic (exact) mass is 296 g/mol. The minimum Gasteiger partial charge on any atom is -0.423 e. The van der Waals surface area contributed by atoms with Gasteiger partial charge in [0.15, 0.2) is 0 Å². The van der Waals surface area contributed by atoms with E-state index in [1.807, 2.05) is 56.3 Å². The third-order valence-corrected chi connectivity index (χ3v) is 4.96. The molecule has 102 valence electrons. The highest BCUT2D eigenvalue weighted by Gasteiger charge is 2.21. The minimum atomic E-state index is -2.71. The normalized spacial score (nSPS) is 11.7. The molecule has 0 radical (unpaired) electrons. The van der Waals surface area contributed by atoms with Crippen molar-refractivity contribution in [2.45, 2.75) is 13.8 Å². The topological polar surface area (TPSA) is 27.7 Å². The van der Waals surface area contributed by atoms with Crippen LogP contribution < -0.4 is 4.52 Å². The van der Waals surface area contributed by atoms with Crippen LogP contribution in [0, 0.1) is 0 Å². The molecular formula is C14H17O3PS. The summed E-state index contributed by atoms with van der Waals surface area (Å²) in [7, 11) is 0. The standard InChI is InChI=1S/C14H17O3PS/c1-3-15-18(19,16-4-2)17-14-11-7-9-12-8-5-6-10-13(12)14/h5-11H,3-4H2,1-2H3. The van der Waals surface area contributed by atoms with Gasteiger partial charge in [-0.2, -0.15) is 0 Å². The summed E-state index contributed by atoms with van der Waals surface area (Å²) in [4.78, 5) is 0. The lowest BCUT2D eigenvalue weighted by Gasteiger charge is -2.21. The molecule has 0 amide bonds. The average molecular weight is 296 g/mol. The zero-order valence-electron chi connectivity index (χ0n) is 11.0. The van der Waals surface area contributed by atoms with Crippen LogP contribution in [0.5, 0.6) is 5.75 Å². The largest absolute Gasteiger partial charge is 0.423 e. The van der Waals surface area contributed by atoms with E-state index in [9.17, 15) is 0 Å². The summed E-state index contributed by atoms with van der Waals surface area (Å²) in [6, 6.07) is 13.9. The number of hydrogen-bond acceptors (Lipinski definition) is 4. The van der Waals surface area contributed by atoms with Crippen molar-refractivity contribution in [3.8, 4) is 5.75 Å². The second kappa shape index (κ2) is 6.49. The van der Waals surface area contributed by atoms with E-state index in [2.05, 4.69) is 0 Å². The Hall–Kier alpha value is -0.930. The second-order valence-electron chi connectivity index (χ2n) is 3.85. The highest BCUT2D eigenvalue weighted by Crippen LogP contribution is 2.50. The van der Waals surface area contributed by atoms with Gasteiger partial charge in [-0.05, 0) is 25.3 Å². The molecule has 0 fully saturated rings. The lowest BCUT2D eigenvalue weighted by atomic mass is 10.1. The Balaban J connectivity index is 2.36. The van der Waals surface area contributed by atoms with Crippen LogP contribution >= 0.6 is 6.72 Å². The summed E-state index contributed by atoms with van der Waals surface area (Å²) in [5, 5.41) is 2.12. The first-order chi connectivity index (χ1) is 9.18. The number of fused-ring (bicyclic) bond motifs is 1. The van der Waals surface area contributed by atoms with Crippen molar-refractivity contribution in [1.29, 1.82) is 0 Å². The van der Waals surface area contributed by atoms with Crippen LogP contribution in [0.2, 0.25) is 0 Å². The molecule has 5 heteroatoms. The molecule has 19 heavy (non-hydrogen) atoms. The van der Waals surface area contributed by atoms with Crippen LogP contribution in [0.3, 0.4) is 0 Å². The highest BCUT2D eigenvalue weighted by molar-refractivity contribution is 8.07. The van der Waals surface area contributed by atoms with Gasteiger partial charge in [0.25, 0.3) is 0 Å². The quantitative estimate of drug-likeness (QED) is 0.733. The Morgan fingerprint density at radius 3 is 2.26 bits per heavy atom. The summed E-state index contributed by atoms with van der Waals surface area (Å²) in [5.41, 5.74) is 0. The van der Waals surface area contributed by atoms with Gasteiger partial charge in [0.1, 0.15) is 5.75 Å². The predicted molar refractivity (Wildman–Crippen MR) is 82.1 cm³/mol. The summed E-state index contributed by atoms with van der Waals surface area (Å²) in [5.74, 6) is 0.711. The summed E-state index contributed by atoms with van der Waals surface area (Å²) < 4.78 is 16.9. The molecule has 0 aliphatic carbocycles. The molecule has 0 heterocycles. The molecule has 0 saturated carbocycles. The lowest BCUT2D eigenvalue weighted by molar-refractivity contribution is 0.218. The number of hydrogen-bond donors (Lipinski definition) is 0. The predicted octanol–water partition coefficient (Wildman–Crippen LogP) is 4.52. The molecule has 0 aromatic heterocycles. The van der Waals surface area contributed by atoms with E-state index in [1.165, 1.54) is 0 Å². The van der Waals surface area contributed by atoms with E-state index >= 15 is 0 Å². The van der Waals surface area contributed by atoms with Crippen LogP contribution in [-0.4, -0.2) is 13.2 Å². The summed E-state index contributed by atoms with van der Waals surface area (Å²) >= 11 is 5.39. The van der Waals surface area contributed by atoms with E-state index < -0.39 is 6.72 Å². The first kappa shape index (κ1) is 14.5. The highest BCUT2D eigenvalue weighted by atomic mass is 32.5. The maximum atomic E-state index is 5.88. The summed E-state index contributed by atoms with van der Waals surface area (Å²) in [6.45, 7) is 2.00. The van der Waals surface area contributed by atoms with Gasteiger partial charge in [0.05, 0.1) is 13.2 Å². The second-order valence-corrected chi connectivity index (χ2v) is 6.79.